The average Bonchev–Trinajstić information content (AvgIpc) is 3.42. The number of oxazole rings is 1. The van der Waals surface area contributed by atoms with E-state index in [4.69, 9.17) is 8.94 Å². The molecule has 0 saturated carbocycles. The van der Waals surface area contributed by atoms with Gasteiger partial charge >= 0.3 is 0 Å². The van der Waals surface area contributed by atoms with Gasteiger partial charge in [0, 0.05) is 16.5 Å². The monoisotopic (exact) mass is 402 g/mol. The van der Waals surface area contributed by atoms with Gasteiger partial charge in [-0.2, -0.15) is 4.98 Å². The van der Waals surface area contributed by atoms with Crippen LogP contribution in [0.15, 0.2) is 69.7 Å². The lowest BCUT2D eigenvalue weighted by Gasteiger charge is -2.10. The molecule has 1 N–H and O–H groups in total. The first kappa shape index (κ1) is 19.6. The van der Waals surface area contributed by atoms with Crippen molar-refractivity contribution in [2.24, 2.45) is 0 Å². The Labute approximate surface area is 174 Å². The summed E-state index contributed by atoms with van der Waals surface area (Å²) in [5, 5.41) is 6.77. The van der Waals surface area contributed by atoms with Gasteiger partial charge in [0.1, 0.15) is 0 Å². The molecule has 0 aliphatic carbocycles. The molecule has 0 radical (unpaired) electrons. The Morgan fingerprint density at radius 1 is 1.03 bits per heavy atom. The topological polar surface area (TPSA) is 94.1 Å². The van der Waals surface area contributed by atoms with Crippen LogP contribution in [0.3, 0.4) is 0 Å². The van der Waals surface area contributed by atoms with E-state index in [1.807, 2.05) is 63.2 Å². The number of nitrogens with one attached hydrogen (secondary N) is 1. The molecule has 2 heterocycles. The van der Waals surface area contributed by atoms with Crippen LogP contribution < -0.4 is 5.32 Å². The SMILES string of the molecule is CC(C)(C)c1nc(CNC(=O)c2ccccc2-c2ncc(-c3ccccc3)o2)no1. The van der Waals surface area contributed by atoms with Crippen LogP contribution in [0.4, 0.5) is 0 Å². The van der Waals surface area contributed by atoms with E-state index in [0.717, 1.165) is 5.56 Å². The number of benzene rings is 2. The van der Waals surface area contributed by atoms with Gasteiger partial charge in [0.25, 0.3) is 5.91 Å². The first-order valence-corrected chi connectivity index (χ1v) is 9.64. The minimum absolute atomic E-state index is 0.160. The third-order valence-corrected chi connectivity index (χ3v) is 4.48. The zero-order chi connectivity index (χ0) is 21.1. The zero-order valence-electron chi connectivity index (χ0n) is 17.0. The van der Waals surface area contributed by atoms with Crippen molar-refractivity contribution in [3.63, 3.8) is 0 Å². The molecule has 0 spiro atoms. The van der Waals surface area contributed by atoms with Crippen molar-refractivity contribution in [2.45, 2.75) is 32.7 Å². The molecule has 7 heteroatoms. The lowest BCUT2D eigenvalue weighted by Crippen LogP contribution is -2.24. The summed E-state index contributed by atoms with van der Waals surface area (Å²) in [5.41, 5.74) is 1.74. The highest BCUT2D eigenvalue weighted by Crippen LogP contribution is 2.28. The van der Waals surface area contributed by atoms with Crippen molar-refractivity contribution in [3.05, 3.63) is 78.1 Å². The second kappa shape index (κ2) is 7.94. The smallest absolute Gasteiger partial charge is 0.252 e. The Kier molecular flexibility index (Phi) is 5.18. The van der Waals surface area contributed by atoms with Crippen molar-refractivity contribution in [2.75, 3.05) is 0 Å². The highest BCUT2D eigenvalue weighted by molar-refractivity contribution is 5.99. The van der Waals surface area contributed by atoms with Gasteiger partial charge in [-0.1, -0.05) is 68.4 Å². The number of hydrogen-bond donors (Lipinski definition) is 1. The maximum atomic E-state index is 12.8. The van der Waals surface area contributed by atoms with Gasteiger partial charge < -0.3 is 14.3 Å². The van der Waals surface area contributed by atoms with Crippen LogP contribution in [0.1, 0.15) is 42.8 Å². The van der Waals surface area contributed by atoms with Crippen LogP contribution in [0.5, 0.6) is 0 Å². The second-order valence-electron chi connectivity index (χ2n) is 7.89. The number of aromatic nitrogens is 3. The number of carbonyl (C=O) groups is 1. The molecule has 4 rings (SSSR count). The predicted octanol–water partition coefficient (Wildman–Crippen LogP) is 4.62. The molecule has 0 bridgehead atoms. The summed E-state index contributed by atoms with van der Waals surface area (Å²) in [4.78, 5) is 21.5. The van der Waals surface area contributed by atoms with Crippen LogP contribution in [0.25, 0.3) is 22.8 Å². The molecular weight excluding hydrogens is 380 g/mol. The quantitative estimate of drug-likeness (QED) is 0.523. The molecule has 152 valence electrons. The molecule has 2 aromatic carbocycles. The number of nitrogens with zero attached hydrogens (tertiary/aromatic N) is 3. The summed E-state index contributed by atoms with van der Waals surface area (Å²) < 4.78 is 11.2. The van der Waals surface area contributed by atoms with Gasteiger partial charge in [-0.15, -0.1) is 0 Å². The van der Waals surface area contributed by atoms with E-state index in [2.05, 4.69) is 20.4 Å². The fourth-order valence-corrected chi connectivity index (χ4v) is 2.89. The number of hydrogen-bond acceptors (Lipinski definition) is 6. The molecule has 0 aliphatic rings. The predicted molar refractivity (Wildman–Crippen MR) is 112 cm³/mol. The minimum Gasteiger partial charge on any atom is -0.436 e. The highest BCUT2D eigenvalue weighted by atomic mass is 16.5. The Bertz CT molecular complexity index is 1160. The molecule has 4 aromatic rings. The summed E-state index contributed by atoms with van der Waals surface area (Å²) in [7, 11) is 0. The Morgan fingerprint density at radius 2 is 1.77 bits per heavy atom. The average molecular weight is 402 g/mol. The van der Waals surface area contributed by atoms with Crippen LogP contribution in [-0.4, -0.2) is 21.0 Å². The van der Waals surface area contributed by atoms with E-state index >= 15 is 0 Å². The van der Waals surface area contributed by atoms with Crippen LogP contribution in [-0.2, 0) is 12.0 Å². The first-order chi connectivity index (χ1) is 14.4. The Balaban J connectivity index is 1.53. The summed E-state index contributed by atoms with van der Waals surface area (Å²) in [6.07, 6.45) is 1.66. The summed E-state index contributed by atoms with van der Waals surface area (Å²) in [6.45, 7) is 6.12. The van der Waals surface area contributed by atoms with E-state index < -0.39 is 0 Å². The Morgan fingerprint density at radius 3 is 2.50 bits per heavy atom. The summed E-state index contributed by atoms with van der Waals surface area (Å²) in [5.74, 6) is 1.71. The largest absolute Gasteiger partial charge is 0.436 e. The molecular formula is C23H22N4O3. The maximum Gasteiger partial charge on any atom is 0.252 e. The highest BCUT2D eigenvalue weighted by Gasteiger charge is 2.22. The van der Waals surface area contributed by atoms with Crippen LogP contribution in [0.2, 0.25) is 0 Å². The molecule has 0 fully saturated rings. The van der Waals surface area contributed by atoms with Gasteiger partial charge in [0.15, 0.2) is 11.6 Å². The van der Waals surface area contributed by atoms with Crippen molar-refractivity contribution in [1.29, 1.82) is 0 Å². The molecule has 7 nitrogen and oxygen atoms in total. The molecule has 30 heavy (non-hydrogen) atoms. The van der Waals surface area contributed by atoms with Gasteiger partial charge in [-0.25, -0.2) is 4.98 Å². The fraction of sp³-hybridized carbons (Fsp3) is 0.217. The van der Waals surface area contributed by atoms with Crippen LogP contribution >= 0.6 is 0 Å². The fourth-order valence-electron chi connectivity index (χ4n) is 2.89. The van der Waals surface area contributed by atoms with Gasteiger partial charge in [-0.05, 0) is 12.1 Å². The van der Waals surface area contributed by atoms with Crippen LogP contribution in [0, 0.1) is 0 Å². The third kappa shape index (κ3) is 4.15. The second-order valence-corrected chi connectivity index (χ2v) is 7.89. The lowest BCUT2D eigenvalue weighted by atomic mass is 9.97. The van der Waals surface area contributed by atoms with E-state index in [-0.39, 0.29) is 17.9 Å². The number of carbonyl (C=O) groups excluding carboxylic acids is 1. The van der Waals surface area contributed by atoms with Crippen molar-refractivity contribution in [3.8, 4) is 22.8 Å². The van der Waals surface area contributed by atoms with Gasteiger partial charge in [0.05, 0.1) is 18.3 Å². The zero-order valence-corrected chi connectivity index (χ0v) is 17.0. The van der Waals surface area contributed by atoms with Crippen molar-refractivity contribution < 1.29 is 13.7 Å². The van der Waals surface area contributed by atoms with E-state index in [1.165, 1.54) is 0 Å². The Hall–Kier alpha value is -3.74. The maximum absolute atomic E-state index is 12.8. The summed E-state index contributed by atoms with van der Waals surface area (Å²) in [6, 6.07) is 16.9. The molecule has 0 aliphatic heterocycles. The van der Waals surface area contributed by atoms with Gasteiger partial charge in [-0.3, -0.25) is 4.79 Å². The standard InChI is InChI=1S/C23H22N4O3/c1-23(2,3)22-26-19(27-30-22)14-24-20(28)16-11-7-8-12-17(16)21-25-13-18(29-21)15-9-5-4-6-10-15/h4-13H,14H2,1-3H3,(H,24,28). The van der Waals surface area contributed by atoms with Gasteiger partial charge in [0.2, 0.25) is 11.8 Å². The summed E-state index contributed by atoms with van der Waals surface area (Å²) >= 11 is 0. The normalized spacial score (nSPS) is 11.4. The minimum atomic E-state index is -0.271. The number of rotatable bonds is 5. The van der Waals surface area contributed by atoms with Crippen molar-refractivity contribution >= 4 is 5.91 Å². The van der Waals surface area contributed by atoms with E-state index in [1.54, 1.807) is 18.3 Å². The molecule has 0 atom stereocenters. The van der Waals surface area contributed by atoms with E-state index in [9.17, 15) is 4.79 Å². The first-order valence-electron chi connectivity index (χ1n) is 9.64. The molecule has 0 saturated heterocycles. The van der Waals surface area contributed by atoms with Crippen molar-refractivity contribution in [1.82, 2.24) is 20.4 Å². The van der Waals surface area contributed by atoms with E-state index in [0.29, 0.717) is 34.5 Å². The molecule has 0 unspecified atom stereocenters. The molecule has 1 amide bonds. The third-order valence-electron chi connectivity index (χ3n) is 4.48. The molecule has 2 aromatic heterocycles. The number of amides is 1. The lowest BCUT2D eigenvalue weighted by molar-refractivity contribution is 0.0950.